The molecule has 0 spiro atoms. The Balaban J connectivity index is 2.16. The topological polar surface area (TPSA) is 65.7 Å². The van der Waals surface area contributed by atoms with E-state index in [1.165, 1.54) is 6.33 Å². The smallest absolute Gasteiger partial charge is 0.213 e. The van der Waals surface area contributed by atoms with Gasteiger partial charge in [-0.15, -0.1) is 0 Å². The Labute approximate surface area is 107 Å². The van der Waals surface area contributed by atoms with Crippen LogP contribution in [-0.2, 0) is 0 Å². The first kappa shape index (κ1) is 10.9. The van der Waals surface area contributed by atoms with E-state index in [2.05, 4.69) is 19.9 Å². The van der Waals surface area contributed by atoms with Crippen LogP contribution in [0.5, 0.6) is 5.88 Å². The van der Waals surface area contributed by atoms with Crippen molar-refractivity contribution in [1.29, 1.82) is 0 Å². The SMILES string of the molecule is COc1ccc(-n2cnc3c(Cl)ncnc32)cn1. The fraction of sp³-hybridized carbons (Fsp3) is 0.0909. The number of halogens is 1. The summed E-state index contributed by atoms with van der Waals surface area (Å²) in [5, 5.41) is 0.334. The van der Waals surface area contributed by atoms with Gasteiger partial charge in [0.15, 0.2) is 10.8 Å². The average Bonchev–Trinajstić information content (AvgIpc) is 2.84. The number of hydrogen-bond acceptors (Lipinski definition) is 5. The zero-order valence-corrected chi connectivity index (χ0v) is 10.2. The summed E-state index contributed by atoms with van der Waals surface area (Å²) in [4.78, 5) is 16.4. The highest BCUT2D eigenvalue weighted by molar-refractivity contribution is 6.33. The van der Waals surface area contributed by atoms with E-state index in [0.29, 0.717) is 22.2 Å². The van der Waals surface area contributed by atoms with Gasteiger partial charge in [-0.25, -0.2) is 19.9 Å². The molecule has 0 atom stereocenters. The third-order valence-corrected chi connectivity index (χ3v) is 2.77. The summed E-state index contributed by atoms with van der Waals surface area (Å²) in [7, 11) is 1.57. The summed E-state index contributed by atoms with van der Waals surface area (Å²) in [5.41, 5.74) is 2.03. The van der Waals surface area contributed by atoms with Crippen LogP contribution in [0.25, 0.3) is 16.9 Å². The van der Waals surface area contributed by atoms with E-state index in [-0.39, 0.29) is 0 Å². The Morgan fingerprint density at radius 2 is 2.06 bits per heavy atom. The molecule has 7 heteroatoms. The zero-order chi connectivity index (χ0) is 12.5. The molecule has 3 rings (SSSR count). The number of fused-ring (bicyclic) bond motifs is 1. The van der Waals surface area contributed by atoms with Gasteiger partial charge >= 0.3 is 0 Å². The molecule has 3 aromatic rings. The third-order valence-electron chi connectivity index (χ3n) is 2.50. The van der Waals surface area contributed by atoms with Crippen LogP contribution in [0.15, 0.2) is 31.0 Å². The van der Waals surface area contributed by atoms with E-state index < -0.39 is 0 Å². The molecule has 0 radical (unpaired) electrons. The fourth-order valence-electron chi connectivity index (χ4n) is 1.63. The second-order valence-electron chi connectivity index (χ2n) is 3.51. The van der Waals surface area contributed by atoms with Gasteiger partial charge in [-0.3, -0.25) is 4.57 Å². The highest BCUT2D eigenvalue weighted by atomic mass is 35.5. The number of aromatic nitrogens is 5. The van der Waals surface area contributed by atoms with E-state index in [9.17, 15) is 0 Å². The lowest BCUT2D eigenvalue weighted by Gasteiger charge is -2.03. The Kier molecular flexibility index (Phi) is 2.56. The molecule has 0 bridgehead atoms. The minimum absolute atomic E-state index is 0.334. The van der Waals surface area contributed by atoms with Crippen LogP contribution in [-0.4, -0.2) is 31.6 Å². The molecule has 0 saturated carbocycles. The Hall–Kier alpha value is -2.21. The van der Waals surface area contributed by atoms with Crippen LogP contribution < -0.4 is 4.74 Å². The molecule has 90 valence electrons. The van der Waals surface area contributed by atoms with Crippen molar-refractivity contribution >= 4 is 22.8 Å². The van der Waals surface area contributed by atoms with E-state index in [0.717, 1.165) is 5.69 Å². The van der Waals surface area contributed by atoms with Crippen LogP contribution in [0.1, 0.15) is 0 Å². The third kappa shape index (κ3) is 1.67. The molecule has 6 nitrogen and oxygen atoms in total. The van der Waals surface area contributed by atoms with Crippen LogP contribution in [0.4, 0.5) is 0 Å². The normalized spacial score (nSPS) is 10.8. The first-order valence-corrected chi connectivity index (χ1v) is 5.51. The van der Waals surface area contributed by atoms with E-state index >= 15 is 0 Å². The molecule has 0 saturated heterocycles. The molecule has 0 N–H and O–H groups in total. The van der Waals surface area contributed by atoms with Crippen molar-refractivity contribution in [2.45, 2.75) is 0 Å². The summed E-state index contributed by atoms with van der Waals surface area (Å²) in [5.74, 6) is 0.552. The first-order chi connectivity index (χ1) is 8.79. The highest BCUT2D eigenvalue weighted by Gasteiger charge is 2.09. The van der Waals surface area contributed by atoms with Gasteiger partial charge in [0.25, 0.3) is 0 Å². The maximum Gasteiger partial charge on any atom is 0.213 e. The number of ether oxygens (including phenoxy) is 1. The van der Waals surface area contributed by atoms with Gasteiger partial charge in [0.1, 0.15) is 18.2 Å². The number of hydrogen-bond donors (Lipinski definition) is 0. The molecular formula is C11H8ClN5O. The lowest BCUT2D eigenvalue weighted by Crippen LogP contribution is -1.96. The quantitative estimate of drug-likeness (QED) is 0.659. The number of methoxy groups -OCH3 is 1. The van der Waals surface area contributed by atoms with E-state index in [1.54, 1.807) is 30.3 Å². The van der Waals surface area contributed by atoms with Crippen molar-refractivity contribution in [3.05, 3.63) is 36.1 Å². The number of pyridine rings is 1. The first-order valence-electron chi connectivity index (χ1n) is 5.13. The molecular weight excluding hydrogens is 254 g/mol. The molecule has 3 aromatic heterocycles. The largest absolute Gasteiger partial charge is 0.481 e. The molecule has 0 fully saturated rings. The Bertz CT molecular complexity index is 694. The van der Waals surface area contributed by atoms with Gasteiger partial charge in [0, 0.05) is 6.07 Å². The van der Waals surface area contributed by atoms with Gasteiger partial charge in [-0.05, 0) is 6.07 Å². The summed E-state index contributed by atoms with van der Waals surface area (Å²) in [6.07, 6.45) is 4.71. The van der Waals surface area contributed by atoms with Crippen LogP contribution in [0.3, 0.4) is 0 Å². The average molecular weight is 262 g/mol. The molecule has 3 heterocycles. The van der Waals surface area contributed by atoms with Crippen LogP contribution in [0, 0.1) is 0 Å². The fourth-order valence-corrected chi connectivity index (χ4v) is 1.81. The predicted molar refractivity (Wildman–Crippen MR) is 66.0 cm³/mol. The van der Waals surface area contributed by atoms with Gasteiger partial charge in [0.2, 0.25) is 5.88 Å². The van der Waals surface area contributed by atoms with Crippen LogP contribution >= 0.6 is 11.6 Å². The summed E-state index contributed by atoms with van der Waals surface area (Å²) >= 11 is 5.94. The number of rotatable bonds is 2. The molecule has 0 amide bonds. The summed E-state index contributed by atoms with van der Waals surface area (Å²) in [6, 6.07) is 3.63. The molecule has 18 heavy (non-hydrogen) atoms. The van der Waals surface area contributed by atoms with Gasteiger partial charge < -0.3 is 4.74 Å². The van der Waals surface area contributed by atoms with Crippen molar-refractivity contribution in [1.82, 2.24) is 24.5 Å². The van der Waals surface area contributed by atoms with Crippen molar-refractivity contribution in [2.75, 3.05) is 7.11 Å². The number of nitrogens with zero attached hydrogens (tertiary/aromatic N) is 5. The Morgan fingerprint density at radius 3 is 2.78 bits per heavy atom. The summed E-state index contributed by atoms with van der Waals surface area (Å²) in [6.45, 7) is 0. The van der Waals surface area contributed by atoms with Gasteiger partial charge in [-0.2, -0.15) is 0 Å². The predicted octanol–water partition coefficient (Wildman–Crippen LogP) is 1.87. The number of imidazole rings is 1. The maximum atomic E-state index is 5.94. The highest BCUT2D eigenvalue weighted by Crippen LogP contribution is 2.20. The van der Waals surface area contributed by atoms with E-state index in [4.69, 9.17) is 16.3 Å². The maximum absolute atomic E-state index is 5.94. The zero-order valence-electron chi connectivity index (χ0n) is 9.41. The minimum atomic E-state index is 0.334. The van der Waals surface area contributed by atoms with Crippen molar-refractivity contribution in [3.63, 3.8) is 0 Å². The van der Waals surface area contributed by atoms with Crippen molar-refractivity contribution < 1.29 is 4.74 Å². The summed E-state index contributed by atoms with van der Waals surface area (Å²) < 4.78 is 6.80. The second kappa shape index (κ2) is 4.23. The van der Waals surface area contributed by atoms with Crippen LogP contribution in [0.2, 0.25) is 5.15 Å². The molecule has 0 aromatic carbocycles. The monoisotopic (exact) mass is 261 g/mol. The molecule has 0 aliphatic rings. The standard InChI is InChI=1S/C11H8ClN5O/c1-18-8-3-2-7(4-13-8)17-6-16-9-10(12)14-5-15-11(9)17/h2-6H,1H3. The molecule has 0 aliphatic carbocycles. The van der Waals surface area contributed by atoms with Crippen molar-refractivity contribution in [3.8, 4) is 11.6 Å². The van der Waals surface area contributed by atoms with Gasteiger partial charge in [0.05, 0.1) is 19.0 Å². The lowest BCUT2D eigenvalue weighted by molar-refractivity contribution is 0.398. The second-order valence-corrected chi connectivity index (χ2v) is 3.87. The molecule has 0 aliphatic heterocycles. The van der Waals surface area contributed by atoms with Gasteiger partial charge in [-0.1, -0.05) is 11.6 Å². The Morgan fingerprint density at radius 1 is 1.17 bits per heavy atom. The minimum Gasteiger partial charge on any atom is -0.481 e. The molecule has 0 unspecified atom stereocenters. The van der Waals surface area contributed by atoms with E-state index in [1.807, 2.05) is 6.07 Å². The van der Waals surface area contributed by atoms with Crippen molar-refractivity contribution in [2.24, 2.45) is 0 Å². The lowest BCUT2D eigenvalue weighted by atomic mass is 10.4.